The summed E-state index contributed by atoms with van der Waals surface area (Å²) in [6.07, 6.45) is 5.65. The first-order valence-corrected chi connectivity index (χ1v) is 7.61. The monoisotopic (exact) mass is 228 g/mol. The SMILES string of the molecule is C1CSCCN(CCC2CCNCC2)C1. The lowest BCUT2D eigenvalue weighted by molar-refractivity contribution is 0.248. The number of nitrogens with one attached hydrogen (secondary N) is 1. The van der Waals surface area contributed by atoms with Crippen LogP contribution in [0.2, 0.25) is 0 Å². The van der Waals surface area contributed by atoms with Gasteiger partial charge in [-0.25, -0.2) is 0 Å². The highest BCUT2D eigenvalue weighted by molar-refractivity contribution is 7.99. The van der Waals surface area contributed by atoms with Gasteiger partial charge in [-0.05, 0) is 63.5 Å². The average Bonchev–Trinajstić information content (AvgIpc) is 2.56. The van der Waals surface area contributed by atoms with Gasteiger partial charge in [-0.3, -0.25) is 0 Å². The van der Waals surface area contributed by atoms with Crippen LogP contribution in [0.15, 0.2) is 0 Å². The van der Waals surface area contributed by atoms with Crippen molar-refractivity contribution in [3.05, 3.63) is 0 Å². The van der Waals surface area contributed by atoms with E-state index in [1.54, 1.807) is 0 Å². The number of piperidine rings is 1. The van der Waals surface area contributed by atoms with E-state index in [0.717, 1.165) is 5.92 Å². The second-order valence-corrected chi connectivity index (χ2v) is 6.01. The standard InChI is InChI=1S/C12H24N2S/c1-7-14(9-11-15-10-1)8-4-12-2-5-13-6-3-12/h12-13H,1-11H2. The number of hydrogen-bond acceptors (Lipinski definition) is 3. The van der Waals surface area contributed by atoms with Gasteiger partial charge < -0.3 is 10.2 Å². The Bertz CT molecular complexity index is 161. The van der Waals surface area contributed by atoms with Crippen molar-refractivity contribution in [1.82, 2.24) is 10.2 Å². The van der Waals surface area contributed by atoms with Gasteiger partial charge in [0.25, 0.3) is 0 Å². The number of thioether (sulfide) groups is 1. The van der Waals surface area contributed by atoms with Crippen LogP contribution in [0.1, 0.15) is 25.7 Å². The minimum absolute atomic E-state index is 1.00. The van der Waals surface area contributed by atoms with Gasteiger partial charge in [-0.1, -0.05) is 0 Å². The summed E-state index contributed by atoms with van der Waals surface area (Å²) in [6, 6.07) is 0. The number of nitrogens with zero attached hydrogens (tertiary/aromatic N) is 1. The molecule has 2 aliphatic rings. The lowest BCUT2D eigenvalue weighted by Crippen LogP contribution is -2.32. The first kappa shape index (κ1) is 11.7. The molecular weight excluding hydrogens is 204 g/mol. The average molecular weight is 228 g/mol. The van der Waals surface area contributed by atoms with E-state index in [4.69, 9.17) is 0 Å². The van der Waals surface area contributed by atoms with Crippen molar-refractivity contribution in [2.24, 2.45) is 5.92 Å². The van der Waals surface area contributed by atoms with Gasteiger partial charge in [0.2, 0.25) is 0 Å². The largest absolute Gasteiger partial charge is 0.317 e. The zero-order valence-electron chi connectivity index (χ0n) is 9.71. The van der Waals surface area contributed by atoms with Crippen molar-refractivity contribution in [3.8, 4) is 0 Å². The minimum Gasteiger partial charge on any atom is -0.317 e. The Kier molecular flexibility index (Phi) is 5.30. The van der Waals surface area contributed by atoms with Crippen LogP contribution in [0, 0.1) is 5.92 Å². The summed E-state index contributed by atoms with van der Waals surface area (Å²) >= 11 is 2.13. The van der Waals surface area contributed by atoms with E-state index in [1.165, 1.54) is 69.9 Å². The molecule has 0 aromatic heterocycles. The maximum absolute atomic E-state index is 3.45. The third kappa shape index (κ3) is 4.33. The molecule has 2 fully saturated rings. The third-order valence-electron chi connectivity index (χ3n) is 3.63. The van der Waals surface area contributed by atoms with Crippen LogP contribution < -0.4 is 5.32 Å². The zero-order chi connectivity index (χ0) is 10.3. The number of hydrogen-bond donors (Lipinski definition) is 1. The van der Waals surface area contributed by atoms with Gasteiger partial charge in [0, 0.05) is 12.3 Å². The topological polar surface area (TPSA) is 15.3 Å². The van der Waals surface area contributed by atoms with Crippen molar-refractivity contribution in [1.29, 1.82) is 0 Å². The van der Waals surface area contributed by atoms with E-state index in [2.05, 4.69) is 22.0 Å². The molecule has 0 unspecified atom stereocenters. The molecule has 15 heavy (non-hydrogen) atoms. The fourth-order valence-corrected chi connectivity index (χ4v) is 3.48. The minimum atomic E-state index is 1.00. The molecule has 2 saturated heterocycles. The van der Waals surface area contributed by atoms with Gasteiger partial charge in [0.1, 0.15) is 0 Å². The molecule has 0 atom stereocenters. The smallest absolute Gasteiger partial charge is 0.00723 e. The molecule has 2 aliphatic heterocycles. The number of rotatable bonds is 3. The molecule has 0 bridgehead atoms. The third-order valence-corrected chi connectivity index (χ3v) is 4.68. The summed E-state index contributed by atoms with van der Waals surface area (Å²) in [5.41, 5.74) is 0. The molecule has 0 aromatic carbocycles. The molecule has 0 radical (unpaired) electrons. The summed E-state index contributed by atoms with van der Waals surface area (Å²) < 4.78 is 0. The molecule has 88 valence electrons. The van der Waals surface area contributed by atoms with Crippen molar-refractivity contribution >= 4 is 11.8 Å². The van der Waals surface area contributed by atoms with Gasteiger partial charge >= 0.3 is 0 Å². The maximum Gasteiger partial charge on any atom is 0.00723 e. The summed E-state index contributed by atoms with van der Waals surface area (Å²) in [5.74, 6) is 3.73. The second-order valence-electron chi connectivity index (χ2n) is 4.79. The summed E-state index contributed by atoms with van der Waals surface area (Å²) in [6.45, 7) is 6.53. The molecule has 0 amide bonds. The second kappa shape index (κ2) is 6.77. The van der Waals surface area contributed by atoms with Crippen LogP contribution in [-0.2, 0) is 0 Å². The van der Waals surface area contributed by atoms with Gasteiger partial charge in [0.15, 0.2) is 0 Å². The molecule has 1 N–H and O–H groups in total. The molecule has 2 heterocycles. The molecule has 0 aromatic rings. The van der Waals surface area contributed by atoms with Gasteiger partial charge in [-0.15, -0.1) is 0 Å². The van der Waals surface area contributed by atoms with E-state index in [0.29, 0.717) is 0 Å². The Morgan fingerprint density at radius 2 is 2.00 bits per heavy atom. The summed E-state index contributed by atoms with van der Waals surface area (Å²) in [5, 5.41) is 3.45. The van der Waals surface area contributed by atoms with Gasteiger partial charge in [0.05, 0.1) is 0 Å². The fourth-order valence-electron chi connectivity index (χ4n) is 2.56. The maximum atomic E-state index is 3.45. The molecule has 0 spiro atoms. The Morgan fingerprint density at radius 1 is 1.13 bits per heavy atom. The molecule has 3 heteroatoms. The molecule has 0 aliphatic carbocycles. The van der Waals surface area contributed by atoms with Crippen LogP contribution >= 0.6 is 11.8 Å². The Hall–Kier alpha value is 0.270. The first-order valence-electron chi connectivity index (χ1n) is 6.46. The highest BCUT2D eigenvalue weighted by atomic mass is 32.2. The predicted molar refractivity (Wildman–Crippen MR) is 68.6 cm³/mol. The predicted octanol–water partition coefficient (Wildman–Crippen LogP) is 1.82. The van der Waals surface area contributed by atoms with Crippen LogP contribution in [0.3, 0.4) is 0 Å². The zero-order valence-corrected chi connectivity index (χ0v) is 10.5. The van der Waals surface area contributed by atoms with Gasteiger partial charge in [-0.2, -0.15) is 11.8 Å². The molecule has 0 saturated carbocycles. The van der Waals surface area contributed by atoms with E-state index >= 15 is 0 Å². The quantitative estimate of drug-likeness (QED) is 0.793. The Balaban J connectivity index is 1.62. The van der Waals surface area contributed by atoms with E-state index < -0.39 is 0 Å². The summed E-state index contributed by atoms with van der Waals surface area (Å²) in [7, 11) is 0. The van der Waals surface area contributed by atoms with E-state index in [-0.39, 0.29) is 0 Å². The summed E-state index contributed by atoms with van der Waals surface area (Å²) in [4.78, 5) is 2.68. The van der Waals surface area contributed by atoms with Crippen molar-refractivity contribution in [2.45, 2.75) is 25.7 Å². The lowest BCUT2D eigenvalue weighted by Gasteiger charge is -2.26. The first-order chi connectivity index (χ1) is 7.45. The molecular formula is C12H24N2S. The molecule has 2 rings (SSSR count). The van der Waals surface area contributed by atoms with Crippen molar-refractivity contribution < 1.29 is 0 Å². The fraction of sp³-hybridized carbons (Fsp3) is 1.00. The van der Waals surface area contributed by atoms with Crippen LogP contribution in [0.5, 0.6) is 0 Å². The van der Waals surface area contributed by atoms with E-state index in [1.807, 2.05) is 0 Å². The Morgan fingerprint density at radius 3 is 2.87 bits per heavy atom. The highest BCUT2D eigenvalue weighted by Crippen LogP contribution is 2.17. The van der Waals surface area contributed by atoms with Crippen molar-refractivity contribution in [2.75, 3.05) is 44.2 Å². The molecule has 2 nitrogen and oxygen atoms in total. The Labute approximate surface area is 98.2 Å². The van der Waals surface area contributed by atoms with Crippen LogP contribution in [0.25, 0.3) is 0 Å². The highest BCUT2D eigenvalue weighted by Gasteiger charge is 2.15. The van der Waals surface area contributed by atoms with Crippen LogP contribution in [0.4, 0.5) is 0 Å². The normalized spacial score (nSPS) is 26.4. The lowest BCUT2D eigenvalue weighted by atomic mass is 9.94. The van der Waals surface area contributed by atoms with Crippen LogP contribution in [-0.4, -0.2) is 49.1 Å². The van der Waals surface area contributed by atoms with Crippen molar-refractivity contribution in [3.63, 3.8) is 0 Å². The van der Waals surface area contributed by atoms with E-state index in [9.17, 15) is 0 Å².